The summed E-state index contributed by atoms with van der Waals surface area (Å²) in [5.41, 5.74) is 1.43. The maximum atomic E-state index is 13.4. The van der Waals surface area contributed by atoms with Crippen LogP contribution in [0.1, 0.15) is 57.6 Å². The quantitative estimate of drug-likeness (QED) is 0.721. The van der Waals surface area contributed by atoms with Crippen LogP contribution in [0.2, 0.25) is 0 Å². The van der Waals surface area contributed by atoms with Gasteiger partial charge in [-0.15, -0.1) is 0 Å². The van der Waals surface area contributed by atoms with E-state index in [9.17, 15) is 9.18 Å². The summed E-state index contributed by atoms with van der Waals surface area (Å²) in [7, 11) is 0. The Hall–Kier alpha value is -1.18. The second kappa shape index (κ2) is 4.43. The van der Waals surface area contributed by atoms with Crippen LogP contribution in [0, 0.1) is 23.6 Å². The zero-order valence-corrected chi connectivity index (χ0v) is 12.5. The van der Waals surface area contributed by atoms with E-state index in [1.165, 1.54) is 6.07 Å². The SMILES string of the molecule is Cc1cc(C2CC(C)(C)CC(C)(C)C2=O)ccc1F. The molecule has 0 aromatic heterocycles. The van der Waals surface area contributed by atoms with Crippen molar-refractivity contribution in [2.75, 3.05) is 0 Å². The van der Waals surface area contributed by atoms with Gasteiger partial charge in [0, 0.05) is 11.3 Å². The normalized spacial score (nSPS) is 25.4. The van der Waals surface area contributed by atoms with Crippen molar-refractivity contribution >= 4 is 5.78 Å². The van der Waals surface area contributed by atoms with Crippen LogP contribution in [0.3, 0.4) is 0 Å². The molecule has 0 heterocycles. The average Bonchev–Trinajstić information content (AvgIpc) is 2.26. The van der Waals surface area contributed by atoms with E-state index in [2.05, 4.69) is 13.8 Å². The number of carbonyl (C=O) groups excluding carboxylic acids is 1. The zero-order valence-electron chi connectivity index (χ0n) is 12.5. The van der Waals surface area contributed by atoms with E-state index in [1.807, 2.05) is 19.9 Å². The van der Waals surface area contributed by atoms with E-state index in [0.717, 1.165) is 18.4 Å². The number of halogens is 1. The molecule has 1 aliphatic carbocycles. The Labute approximate surface area is 115 Å². The topological polar surface area (TPSA) is 17.1 Å². The van der Waals surface area contributed by atoms with Gasteiger partial charge in [0.1, 0.15) is 11.6 Å². The maximum Gasteiger partial charge on any atom is 0.145 e. The van der Waals surface area contributed by atoms with E-state index in [1.54, 1.807) is 13.0 Å². The summed E-state index contributed by atoms with van der Waals surface area (Å²) in [6.07, 6.45) is 1.76. The predicted molar refractivity (Wildman–Crippen MR) is 75.7 cm³/mol. The van der Waals surface area contributed by atoms with Gasteiger partial charge in [-0.2, -0.15) is 0 Å². The van der Waals surface area contributed by atoms with E-state index >= 15 is 0 Å². The lowest BCUT2D eigenvalue weighted by atomic mass is 9.59. The number of carbonyl (C=O) groups is 1. The van der Waals surface area contributed by atoms with Gasteiger partial charge in [-0.25, -0.2) is 4.39 Å². The molecule has 0 bridgehead atoms. The van der Waals surface area contributed by atoms with Gasteiger partial charge in [-0.05, 0) is 42.4 Å². The Bertz CT molecular complexity index is 514. The smallest absolute Gasteiger partial charge is 0.145 e. The van der Waals surface area contributed by atoms with Gasteiger partial charge in [0.05, 0.1) is 0 Å². The fourth-order valence-electron chi connectivity index (χ4n) is 3.63. The largest absolute Gasteiger partial charge is 0.298 e. The molecule has 0 N–H and O–H groups in total. The molecule has 1 atom stereocenters. The molecule has 1 saturated carbocycles. The van der Waals surface area contributed by atoms with Crippen molar-refractivity contribution in [3.8, 4) is 0 Å². The van der Waals surface area contributed by atoms with Crippen LogP contribution in [0.4, 0.5) is 4.39 Å². The molecule has 2 heteroatoms. The lowest BCUT2D eigenvalue weighted by Gasteiger charge is -2.43. The molecule has 1 fully saturated rings. The maximum absolute atomic E-state index is 13.4. The van der Waals surface area contributed by atoms with Crippen LogP contribution in [0.25, 0.3) is 0 Å². The van der Waals surface area contributed by atoms with E-state index in [-0.39, 0.29) is 28.3 Å². The number of ketones is 1. The van der Waals surface area contributed by atoms with Crippen molar-refractivity contribution in [2.24, 2.45) is 10.8 Å². The Morgan fingerprint density at radius 2 is 1.84 bits per heavy atom. The summed E-state index contributed by atoms with van der Waals surface area (Å²) in [5, 5.41) is 0. The van der Waals surface area contributed by atoms with E-state index < -0.39 is 0 Å². The van der Waals surface area contributed by atoms with Crippen molar-refractivity contribution in [3.05, 3.63) is 35.1 Å². The van der Waals surface area contributed by atoms with Crippen LogP contribution in [0.5, 0.6) is 0 Å². The first kappa shape index (κ1) is 14.2. The first-order valence-electron chi connectivity index (χ1n) is 6.93. The van der Waals surface area contributed by atoms with Crippen LogP contribution in [-0.4, -0.2) is 5.78 Å². The highest BCUT2D eigenvalue weighted by atomic mass is 19.1. The molecule has 104 valence electrons. The second-order valence-corrected chi connectivity index (χ2v) is 7.35. The third-order valence-corrected chi connectivity index (χ3v) is 4.25. The fraction of sp³-hybridized carbons (Fsp3) is 0.588. The van der Waals surface area contributed by atoms with Gasteiger partial charge >= 0.3 is 0 Å². The zero-order chi connectivity index (χ0) is 14.4. The molecule has 19 heavy (non-hydrogen) atoms. The number of aryl methyl sites for hydroxylation is 1. The lowest BCUT2D eigenvalue weighted by molar-refractivity contribution is -0.134. The monoisotopic (exact) mass is 262 g/mol. The minimum Gasteiger partial charge on any atom is -0.298 e. The summed E-state index contributed by atoms with van der Waals surface area (Å²) in [4.78, 5) is 12.6. The Morgan fingerprint density at radius 1 is 1.21 bits per heavy atom. The highest BCUT2D eigenvalue weighted by Gasteiger charge is 2.45. The van der Waals surface area contributed by atoms with Gasteiger partial charge in [0.15, 0.2) is 0 Å². The molecule has 1 aromatic rings. The van der Waals surface area contributed by atoms with Gasteiger partial charge in [-0.1, -0.05) is 39.8 Å². The molecule has 0 spiro atoms. The first-order chi connectivity index (χ1) is 8.62. The van der Waals surface area contributed by atoms with E-state index in [4.69, 9.17) is 0 Å². The number of rotatable bonds is 1. The van der Waals surface area contributed by atoms with Gasteiger partial charge in [0.2, 0.25) is 0 Å². The number of benzene rings is 1. The van der Waals surface area contributed by atoms with Gasteiger partial charge < -0.3 is 0 Å². The number of hydrogen-bond acceptors (Lipinski definition) is 1. The molecule has 0 radical (unpaired) electrons. The van der Waals surface area contributed by atoms with Crippen LogP contribution >= 0.6 is 0 Å². The molecular formula is C17H23FO. The van der Waals surface area contributed by atoms with Crippen molar-refractivity contribution in [3.63, 3.8) is 0 Å². The highest BCUT2D eigenvalue weighted by Crippen LogP contribution is 2.49. The van der Waals surface area contributed by atoms with Crippen LogP contribution < -0.4 is 0 Å². The average molecular weight is 262 g/mol. The van der Waals surface area contributed by atoms with Gasteiger partial charge in [0.25, 0.3) is 0 Å². The van der Waals surface area contributed by atoms with Crippen molar-refractivity contribution in [1.82, 2.24) is 0 Å². The van der Waals surface area contributed by atoms with Crippen LogP contribution in [0.15, 0.2) is 18.2 Å². The molecular weight excluding hydrogens is 239 g/mol. The number of hydrogen-bond donors (Lipinski definition) is 0. The van der Waals surface area contributed by atoms with Crippen molar-refractivity contribution in [1.29, 1.82) is 0 Å². The third kappa shape index (κ3) is 2.72. The third-order valence-electron chi connectivity index (χ3n) is 4.25. The predicted octanol–water partition coefficient (Wildman–Crippen LogP) is 4.63. The molecule has 1 nitrogen and oxygen atoms in total. The summed E-state index contributed by atoms with van der Waals surface area (Å²) in [6, 6.07) is 5.07. The summed E-state index contributed by atoms with van der Waals surface area (Å²) in [6.45, 7) is 10.2. The lowest BCUT2D eigenvalue weighted by Crippen LogP contribution is -2.41. The van der Waals surface area contributed by atoms with Crippen molar-refractivity contribution < 1.29 is 9.18 Å². The standard InChI is InChI=1S/C17H23FO/c1-11-8-12(6-7-14(11)18)13-9-16(2,3)10-17(4,5)15(13)19/h6-8,13H,9-10H2,1-5H3. The first-order valence-corrected chi connectivity index (χ1v) is 6.93. The molecule has 1 aliphatic rings. The molecule has 1 unspecified atom stereocenters. The Kier molecular flexibility index (Phi) is 3.32. The molecule has 0 amide bonds. The molecule has 0 saturated heterocycles. The minimum absolute atomic E-state index is 0.0990. The molecule has 1 aromatic carbocycles. The number of Topliss-reactive ketones (excluding diaryl/α,β-unsaturated/α-hetero) is 1. The van der Waals surface area contributed by atoms with Gasteiger partial charge in [-0.3, -0.25) is 4.79 Å². The summed E-state index contributed by atoms with van der Waals surface area (Å²) in [5.74, 6) is -0.0126. The van der Waals surface area contributed by atoms with Crippen LogP contribution in [-0.2, 0) is 4.79 Å². The minimum atomic E-state index is -0.297. The molecule has 0 aliphatic heterocycles. The molecule has 2 rings (SSSR count). The second-order valence-electron chi connectivity index (χ2n) is 7.35. The van der Waals surface area contributed by atoms with Crippen molar-refractivity contribution in [2.45, 2.75) is 53.4 Å². The highest BCUT2D eigenvalue weighted by molar-refractivity contribution is 5.91. The summed E-state index contributed by atoms with van der Waals surface area (Å²) >= 11 is 0. The Balaban J connectivity index is 2.42. The summed E-state index contributed by atoms with van der Waals surface area (Å²) < 4.78 is 13.4. The fourth-order valence-corrected chi connectivity index (χ4v) is 3.63. The van der Waals surface area contributed by atoms with E-state index in [0.29, 0.717) is 5.56 Å². The Morgan fingerprint density at radius 3 is 2.42 bits per heavy atom.